The lowest BCUT2D eigenvalue weighted by Gasteiger charge is -2.32. The van der Waals surface area contributed by atoms with Gasteiger partial charge in [0.15, 0.2) is 5.82 Å². The summed E-state index contributed by atoms with van der Waals surface area (Å²) in [6, 6.07) is 8.05. The highest BCUT2D eigenvalue weighted by atomic mass is 79.9. The highest BCUT2D eigenvalue weighted by Crippen LogP contribution is 2.33. The van der Waals surface area contributed by atoms with Crippen LogP contribution in [0.15, 0.2) is 33.3 Å². The third-order valence-electron chi connectivity index (χ3n) is 4.07. The van der Waals surface area contributed by atoms with Crippen LogP contribution in [-0.4, -0.2) is 29.9 Å². The molecule has 0 saturated carbocycles. The van der Waals surface area contributed by atoms with Crippen LogP contribution in [0.5, 0.6) is 0 Å². The molecule has 1 aromatic carbocycles. The molecule has 0 radical (unpaired) electrons. The Bertz CT molecular complexity index is 608. The van der Waals surface area contributed by atoms with E-state index in [1.165, 1.54) is 0 Å². The van der Waals surface area contributed by atoms with E-state index in [-0.39, 0.29) is 5.41 Å². The van der Waals surface area contributed by atoms with Gasteiger partial charge in [-0.1, -0.05) is 39.3 Å². The van der Waals surface area contributed by atoms with Crippen molar-refractivity contribution in [3.8, 4) is 0 Å². The molecule has 21 heavy (non-hydrogen) atoms. The normalized spacial score (nSPS) is 17.8. The third kappa shape index (κ3) is 3.02. The van der Waals surface area contributed by atoms with E-state index in [4.69, 9.17) is 15.0 Å². The molecular weight excluding hydrogens is 334 g/mol. The molecule has 3 rings (SSSR count). The maximum atomic E-state index is 5.97. The highest BCUT2D eigenvalue weighted by molar-refractivity contribution is 9.10. The lowest BCUT2D eigenvalue weighted by atomic mass is 9.80. The Morgan fingerprint density at radius 3 is 2.71 bits per heavy atom. The fourth-order valence-corrected chi connectivity index (χ4v) is 3.05. The van der Waals surface area contributed by atoms with E-state index in [9.17, 15) is 0 Å². The smallest absolute Gasteiger partial charge is 0.234 e. The van der Waals surface area contributed by atoms with Gasteiger partial charge in [0, 0.05) is 30.7 Å². The summed E-state index contributed by atoms with van der Waals surface area (Å²) in [5, 5.41) is 4.12. The number of ether oxygens (including phenoxy) is 1. The number of aromatic nitrogens is 2. The molecule has 1 aliphatic rings. The first-order valence-corrected chi connectivity index (χ1v) is 7.87. The van der Waals surface area contributed by atoms with E-state index in [1.54, 1.807) is 0 Å². The summed E-state index contributed by atoms with van der Waals surface area (Å²) in [4.78, 5) is 4.58. The van der Waals surface area contributed by atoms with Gasteiger partial charge in [0.2, 0.25) is 5.89 Å². The average molecular weight is 352 g/mol. The molecule has 1 aromatic heterocycles. The van der Waals surface area contributed by atoms with Crippen LogP contribution in [0.4, 0.5) is 0 Å². The molecular formula is C15H18BrN3O2. The van der Waals surface area contributed by atoms with Crippen molar-refractivity contribution in [2.75, 3.05) is 19.8 Å². The minimum absolute atomic E-state index is 0.225. The molecule has 0 bridgehead atoms. The predicted octanol–water partition coefficient (Wildman–Crippen LogP) is 2.43. The molecule has 1 aliphatic heterocycles. The van der Waals surface area contributed by atoms with Gasteiger partial charge in [-0.05, 0) is 24.5 Å². The van der Waals surface area contributed by atoms with E-state index >= 15 is 0 Å². The Balaban J connectivity index is 1.81. The van der Waals surface area contributed by atoms with Gasteiger partial charge in [0.1, 0.15) is 0 Å². The van der Waals surface area contributed by atoms with Crippen LogP contribution in [0.1, 0.15) is 30.1 Å². The topological polar surface area (TPSA) is 74.2 Å². The van der Waals surface area contributed by atoms with Crippen LogP contribution in [0, 0.1) is 0 Å². The zero-order chi connectivity index (χ0) is 14.7. The second-order valence-electron chi connectivity index (χ2n) is 5.38. The molecule has 2 N–H and O–H groups in total. The lowest BCUT2D eigenvalue weighted by Crippen LogP contribution is -2.40. The summed E-state index contributed by atoms with van der Waals surface area (Å²) in [6.07, 6.45) is 2.31. The van der Waals surface area contributed by atoms with E-state index < -0.39 is 0 Å². The van der Waals surface area contributed by atoms with Crippen LogP contribution in [0.2, 0.25) is 0 Å². The average Bonchev–Trinajstić information content (AvgIpc) is 2.99. The largest absolute Gasteiger partial charge is 0.381 e. The van der Waals surface area contributed by atoms with E-state index in [2.05, 4.69) is 26.1 Å². The Kier molecular flexibility index (Phi) is 4.37. The summed E-state index contributed by atoms with van der Waals surface area (Å²) >= 11 is 3.54. The third-order valence-corrected chi connectivity index (χ3v) is 4.84. The first-order chi connectivity index (χ1) is 10.2. The number of hydrogen-bond donors (Lipinski definition) is 1. The van der Waals surface area contributed by atoms with Crippen LogP contribution in [-0.2, 0) is 16.6 Å². The van der Waals surface area contributed by atoms with Crippen LogP contribution < -0.4 is 5.73 Å². The zero-order valence-corrected chi connectivity index (χ0v) is 13.3. The van der Waals surface area contributed by atoms with Crippen molar-refractivity contribution >= 4 is 15.9 Å². The Hall–Kier alpha value is -1.24. The SMILES string of the molecule is NCC1(c2nc(Cc3ccccc3Br)no2)CCOCC1. The van der Waals surface area contributed by atoms with Crippen molar-refractivity contribution in [2.24, 2.45) is 5.73 Å². The number of hydrogen-bond acceptors (Lipinski definition) is 5. The number of rotatable bonds is 4. The number of nitrogens with zero attached hydrogens (tertiary/aromatic N) is 2. The predicted molar refractivity (Wildman–Crippen MR) is 82.0 cm³/mol. The van der Waals surface area contributed by atoms with Crippen molar-refractivity contribution in [3.63, 3.8) is 0 Å². The molecule has 0 unspecified atom stereocenters. The van der Waals surface area contributed by atoms with Gasteiger partial charge in [-0.3, -0.25) is 0 Å². The first kappa shape index (κ1) is 14.7. The van der Waals surface area contributed by atoms with Gasteiger partial charge < -0.3 is 15.0 Å². The Morgan fingerprint density at radius 2 is 2.00 bits per heavy atom. The van der Waals surface area contributed by atoms with E-state index in [0.717, 1.165) is 22.9 Å². The van der Waals surface area contributed by atoms with Crippen molar-refractivity contribution in [1.29, 1.82) is 0 Å². The second-order valence-corrected chi connectivity index (χ2v) is 6.24. The van der Waals surface area contributed by atoms with E-state index in [0.29, 0.717) is 37.9 Å². The maximum Gasteiger partial charge on any atom is 0.234 e. The van der Waals surface area contributed by atoms with Gasteiger partial charge in [-0.25, -0.2) is 0 Å². The van der Waals surface area contributed by atoms with Gasteiger partial charge in [-0.15, -0.1) is 0 Å². The van der Waals surface area contributed by atoms with E-state index in [1.807, 2.05) is 24.3 Å². The molecule has 6 heteroatoms. The molecule has 1 fully saturated rings. The minimum atomic E-state index is -0.225. The molecule has 0 atom stereocenters. The summed E-state index contributed by atoms with van der Waals surface area (Å²) in [5.74, 6) is 1.34. The first-order valence-electron chi connectivity index (χ1n) is 7.08. The fraction of sp³-hybridized carbons (Fsp3) is 0.467. The summed E-state index contributed by atoms with van der Waals surface area (Å²) in [7, 11) is 0. The fourth-order valence-electron chi connectivity index (χ4n) is 2.62. The van der Waals surface area contributed by atoms with Crippen LogP contribution in [0.3, 0.4) is 0 Å². The summed E-state index contributed by atoms with van der Waals surface area (Å²) in [6.45, 7) is 1.89. The van der Waals surface area contributed by atoms with Gasteiger partial charge in [0.25, 0.3) is 0 Å². The molecule has 1 saturated heterocycles. The molecule has 2 heterocycles. The molecule has 0 aliphatic carbocycles. The second kappa shape index (κ2) is 6.25. The molecule has 2 aromatic rings. The number of nitrogens with two attached hydrogens (primary N) is 1. The Labute approximate surface area is 132 Å². The summed E-state index contributed by atoms with van der Waals surface area (Å²) < 4.78 is 12.0. The lowest BCUT2D eigenvalue weighted by molar-refractivity contribution is 0.0409. The molecule has 112 valence electrons. The Morgan fingerprint density at radius 1 is 1.24 bits per heavy atom. The highest BCUT2D eigenvalue weighted by Gasteiger charge is 2.38. The zero-order valence-electron chi connectivity index (χ0n) is 11.7. The molecule has 5 nitrogen and oxygen atoms in total. The molecule has 0 spiro atoms. The van der Waals surface area contributed by atoms with Crippen LogP contribution >= 0.6 is 15.9 Å². The van der Waals surface area contributed by atoms with Gasteiger partial charge in [0.05, 0.1) is 5.41 Å². The van der Waals surface area contributed by atoms with Crippen molar-refractivity contribution in [2.45, 2.75) is 24.7 Å². The van der Waals surface area contributed by atoms with Crippen molar-refractivity contribution in [3.05, 3.63) is 46.0 Å². The number of halogens is 1. The standard InChI is InChI=1S/C15H18BrN3O2/c16-12-4-2-1-3-11(12)9-13-18-14(21-19-13)15(10-17)5-7-20-8-6-15/h1-4H,5-10,17H2. The maximum absolute atomic E-state index is 5.97. The van der Waals surface area contributed by atoms with Crippen LogP contribution in [0.25, 0.3) is 0 Å². The summed E-state index contributed by atoms with van der Waals surface area (Å²) in [5.41, 5.74) is 6.88. The minimum Gasteiger partial charge on any atom is -0.381 e. The van der Waals surface area contributed by atoms with Crippen molar-refractivity contribution in [1.82, 2.24) is 10.1 Å². The quantitative estimate of drug-likeness (QED) is 0.915. The number of benzene rings is 1. The monoisotopic (exact) mass is 351 g/mol. The van der Waals surface area contributed by atoms with Gasteiger partial charge >= 0.3 is 0 Å². The molecule has 0 amide bonds. The van der Waals surface area contributed by atoms with Crippen molar-refractivity contribution < 1.29 is 9.26 Å². The van der Waals surface area contributed by atoms with Gasteiger partial charge in [-0.2, -0.15) is 4.98 Å².